The number of ether oxygens (including phenoxy) is 4. The number of quaternary nitrogens is 1. The molecule has 2 N–H and O–H groups in total. The van der Waals surface area contributed by atoms with E-state index in [1.165, 1.54) is 18.2 Å². The monoisotopic (exact) mass is 756 g/mol. The van der Waals surface area contributed by atoms with Gasteiger partial charge in [-0.05, 0) is 84.4 Å². The first-order chi connectivity index (χ1) is 23.7. The van der Waals surface area contributed by atoms with E-state index in [0.29, 0.717) is 73.9 Å². The van der Waals surface area contributed by atoms with E-state index in [1.54, 1.807) is 6.92 Å². The predicted molar refractivity (Wildman–Crippen MR) is 198 cm³/mol. The minimum Gasteiger partial charge on any atom is -1.00 e. The number of rotatable bonds is 20. The van der Waals surface area contributed by atoms with Crippen LogP contribution in [0, 0.1) is 0 Å². The number of hydrogen-bond acceptors (Lipinski definition) is 11. The average molecular weight is 757 g/mol. The van der Waals surface area contributed by atoms with E-state index >= 15 is 0 Å². The molecule has 0 amide bonds. The van der Waals surface area contributed by atoms with Crippen molar-refractivity contribution < 1.29 is 88.6 Å². The Kier molecular flexibility index (Phi) is 47.4. The number of aliphatic hydroxyl groups excluding tert-OH is 2. The predicted octanol–water partition coefficient (Wildman–Crippen LogP) is 3.02. The number of carbonyl (C=O) groups is 5. The van der Waals surface area contributed by atoms with E-state index < -0.39 is 11.2 Å². The van der Waals surface area contributed by atoms with Crippen molar-refractivity contribution in [1.82, 2.24) is 0 Å². The normalized spacial score (nSPS) is 11.0. The SMILES string of the molecule is C=C(C(=O)Cl)[N+](CC)(CC)CC.C=CCO.C=CCOC(=O)CCCCO.C=CCOC(=O)CCCCOC(=O)C(=C)C.O=C1CCCCO1.[H-].[Na+]. The van der Waals surface area contributed by atoms with Crippen LogP contribution in [-0.2, 0) is 42.9 Å². The van der Waals surface area contributed by atoms with Crippen molar-refractivity contribution in [3.05, 3.63) is 62.4 Å². The minimum absolute atomic E-state index is 0. The maximum absolute atomic E-state index is 11.0. The number of hydrogen-bond donors (Lipinski definition) is 2. The molecule has 0 unspecified atom stereocenters. The van der Waals surface area contributed by atoms with Gasteiger partial charge in [-0.2, -0.15) is 0 Å². The van der Waals surface area contributed by atoms with Crippen LogP contribution >= 0.6 is 11.6 Å². The molecule has 0 aromatic rings. The third-order valence-corrected chi connectivity index (χ3v) is 6.87. The summed E-state index contributed by atoms with van der Waals surface area (Å²) in [6.45, 7) is 29.2. The summed E-state index contributed by atoms with van der Waals surface area (Å²) < 4.78 is 19.6. The second-order valence-electron chi connectivity index (χ2n) is 10.5. The van der Waals surface area contributed by atoms with Gasteiger partial charge in [-0.25, -0.2) is 4.79 Å². The van der Waals surface area contributed by atoms with Gasteiger partial charge >= 0.3 is 58.7 Å². The zero-order chi connectivity index (χ0) is 39.2. The molecule has 14 heteroatoms. The number of unbranched alkanes of at least 4 members (excludes halogenated alkanes) is 2. The molecule has 1 rings (SSSR count). The van der Waals surface area contributed by atoms with Gasteiger partial charge in [-0.3, -0.25) is 23.7 Å². The van der Waals surface area contributed by atoms with Crippen molar-refractivity contribution in [2.75, 3.05) is 59.3 Å². The summed E-state index contributed by atoms with van der Waals surface area (Å²) in [6.07, 6.45) is 10.5. The van der Waals surface area contributed by atoms with Crippen LogP contribution in [0.15, 0.2) is 62.4 Å². The Hall–Kier alpha value is -2.58. The van der Waals surface area contributed by atoms with E-state index in [0.717, 1.165) is 32.5 Å². The molecular formula is C37H64ClNNaO11+. The molecule has 0 spiro atoms. The number of carbonyl (C=O) groups excluding carboxylic acids is 5. The summed E-state index contributed by atoms with van der Waals surface area (Å²) >= 11 is 5.39. The molecule has 1 heterocycles. The molecule has 0 aliphatic carbocycles. The summed E-state index contributed by atoms with van der Waals surface area (Å²) in [7, 11) is 0. The number of cyclic esters (lactones) is 1. The quantitative estimate of drug-likeness (QED) is 0.0275. The Labute approximate surface area is 334 Å². The minimum atomic E-state index is -0.416. The fraction of sp³-hybridized carbons (Fsp3) is 0.595. The van der Waals surface area contributed by atoms with Crippen molar-refractivity contribution in [2.24, 2.45) is 0 Å². The van der Waals surface area contributed by atoms with Gasteiger partial charge in [0, 0.05) is 31.4 Å². The second kappa shape index (κ2) is 41.8. The summed E-state index contributed by atoms with van der Waals surface area (Å²) in [5.41, 5.74) is 0.884. The zero-order valence-corrected chi connectivity index (χ0v) is 34.6. The zero-order valence-electron chi connectivity index (χ0n) is 32.9. The molecule has 51 heavy (non-hydrogen) atoms. The standard InChI is InChI=1S/C12H18O4.C9H17ClNO.C8H14O3.C5H8O2.C3H6O.Na.H/c1-4-8-15-11(13)7-5-6-9-16-12(14)10(2)3;1-5-11(6-2,7-3)8(4)9(10)12;1-2-7-11-8(10)5-3-4-6-9;6-5-3-1-2-4-7-5;1-2-3-4;;/h4H,1-2,5-9H2,3H3;4-7H2,1-3H3;2,9H,1,3-7H2;1-4H2;2,4H,1,3H2;;/q;+1;;;;+1;-1. The van der Waals surface area contributed by atoms with Crippen LogP contribution in [0.4, 0.5) is 0 Å². The van der Waals surface area contributed by atoms with Gasteiger partial charge in [0.25, 0.3) is 0 Å². The van der Waals surface area contributed by atoms with Gasteiger partial charge in [-0.15, -0.1) is 6.58 Å². The van der Waals surface area contributed by atoms with Crippen LogP contribution < -0.4 is 29.6 Å². The van der Waals surface area contributed by atoms with Gasteiger partial charge in [0.05, 0.1) is 39.5 Å². The summed E-state index contributed by atoms with van der Waals surface area (Å²) in [5, 5.41) is 15.7. The molecule has 1 aliphatic rings. The number of allylic oxidation sites excluding steroid dienone is 1. The number of esters is 4. The maximum atomic E-state index is 11.0. The van der Waals surface area contributed by atoms with E-state index in [-0.39, 0.29) is 75.3 Å². The molecule has 0 aromatic heterocycles. The third kappa shape index (κ3) is 38.5. The Balaban J connectivity index is -0.000000133. The topological polar surface area (TPSA) is 163 Å². The van der Waals surface area contributed by atoms with Crippen molar-refractivity contribution in [3.8, 4) is 0 Å². The van der Waals surface area contributed by atoms with E-state index in [1.807, 2.05) is 20.8 Å². The van der Waals surface area contributed by atoms with Gasteiger partial charge in [0.1, 0.15) is 13.2 Å². The fourth-order valence-corrected chi connectivity index (χ4v) is 3.73. The van der Waals surface area contributed by atoms with Gasteiger partial charge in [-0.1, -0.05) is 38.0 Å². The van der Waals surface area contributed by atoms with Gasteiger partial charge < -0.3 is 30.6 Å². The molecule has 290 valence electrons. The van der Waals surface area contributed by atoms with E-state index in [2.05, 4.69) is 37.6 Å². The fourth-order valence-electron chi connectivity index (χ4n) is 3.55. The number of nitrogens with zero attached hydrogens (tertiary/aromatic N) is 1. The number of halogens is 1. The largest absolute Gasteiger partial charge is 1.00 e. The van der Waals surface area contributed by atoms with Crippen LogP contribution in [0.25, 0.3) is 0 Å². The Bertz CT molecular complexity index is 1010. The van der Waals surface area contributed by atoms with E-state index in [9.17, 15) is 24.0 Å². The van der Waals surface area contributed by atoms with Crippen molar-refractivity contribution in [2.45, 2.75) is 85.5 Å². The molecular weight excluding hydrogens is 693 g/mol. The van der Waals surface area contributed by atoms with Crippen molar-refractivity contribution in [3.63, 3.8) is 0 Å². The summed E-state index contributed by atoms with van der Waals surface area (Å²) in [6, 6.07) is 0. The number of aliphatic hydroxyl groups is 2. The molecule has 1 saturated heterocycles. The Morgan fingerprint density at radius 2 is 1.31 bits per heavy atom. The van der Waals surface area contributed by atoms with Crippen LogP contribution in [-0.4, -0.2) is 103 Å². The first-order valence-electron chi connectivity index (χ1n) is 16.8. The van der Waals surface area contributed by atoms with Crippen LogP contribution in [0.3, 0.4) is 0 Å². The molecule has 0 atom stereocenters. The molecule has 0 radical (unpaired) electrons. The third-order valence-electron chi connectivity index (χ3n) is 6.65. The van der Waals surface area contributed by atoms with Crippen LogP contribution in [0.1, 0.15) is 86.9 Å². The van der Waals surface area contributed by atoms with Gasteiger partial charge in [0.2, 0.25) is 0 Å². The van der Waals surface area contributed by atoms with Crippen LogP contribution in [0.5, 0.6) is 0 Å². The average Bonchev–Trinajstić information content (AvgIpc) is 3.11. The molecule has 12 nitrogen and oxygen atoms in total. The molecule has 0 aromatic carbocycles. The van der Waals surface area contributed by atoms with Crippen molar-refractivity contribution in [1.29, 1.82) is 0 Å². The first-order valence-corrected chi connectivity index (χ1v) is 17.2. The Morgan fingerprint density at radius 1 is 0.843 bits per heavy atom. The maximum Gasteiger partial charge on any atom is 1.00 e. The van der Waals surface area contributed by atoms with Crippen LogP contribution in [0.2, 0.25) is 0 Å². The van der Waals surface area contributed by atoms with Crippen molar-refractivity contribution >= 4 is 40.7 Å². The number of likely N-dealkylation sites (N-methyl/N-ethyl adjacent to an activating group) is 1. The van der Waals surface area contributed by atoms with Gasteiger partial charge in [0.15, 0.2) is 5.70 Å². The Morgan fingerprint density at radius 3 is 1.59 bits per heavy atom. The van der Waals surface area contributed by atoms with E-state index in [4.69, 9.17) is 36.0 Å². The molecule has 1 fully saturated rings. The summed E-state index contributed by atoms with van der Waals surface area (Å²) in [5.74, 6) is -0.912. The second-order valence-corrected chi connectivity index (χ2v) is 10.8. The molecule has 1 aliphatic heterocycles. The molecule has 0 bridgehead atoms. The summed E-state index contributed by atoms with van der Waals surface area (Å²) in [4.78, 5) is 53.9. The smallest absolute Gasteiger partial charge is 1.00 e. The first kappa shape index (κ1) is 57.8. The molecule has 0 saturated carbocycles.